The molecule has 0 aliphatic heterocycles. The van der Waals surface area contributed by atoms with Gasteiger partial charge in [-0.15, -0.1) is 11.8 Å². The Labute approximate surface area is 86.6 Å². The maximum absolute atomic E-state index is 5.86. The summed E-state index contributed by atoms with van der Waals surface area (Å²) in [6.45, 7) is 0. The highest BCUT2D eigenvalue weighted by atomic mass is 35.5. The van der Waals surface area contributed by atoms with Crippen LogP contribution >= 0.6 is 23.4 Å². The maximum atomic E-state index is 5.86. The van der Waals surface area contributed by atoms with Gasteiger partial charge in [-0.1, -0.05) is 11.6 Å². The van der Waals surface area contributed by atoms with Gasteiger partial charge in [-0.3, -0.25) is 0 Å². The highest BCUT2D eigenvalue weighted by molar-refractivity contribution is 7.98. The average Bonchev–Trinajstić information content (AvgIpc) is 2.92. The lowest BCUT2D eigenvalue weighted by Gasteiger charge is -2.05. The van der Waals surface area contributed by atoms with E-state index in [1.54, 1.807) is 18.0 Å². The van der Waals surface area contributed by atoms with E-state index in [4.69, 9.17) is 16.3 Å². The van der Waals surface area contributed by atoms with Gasteiger partial charge >= 0.3 is 0 Å². The zero-order valence-electron chi connectivity index (χ0n) is 7.29. The van der Waals surface area contributed by atoms with Crippen molar-refractivity contribution in [3.8, 4) is 5.75 Å². The lowest BCUT2D eigenvalue weighted by atomic mass is 10.4. The third kappa shape index (κ3) is 2.29. The van der Waals surface area contributed by atoms with Gasteiger partial charge in [0.15, 0.2) is 0 Å². The van der Waals surface area contributed by atoms with Crippen molar-refractivity contribution in [1.29, 1.82) is 0 Å². The van der Waals surface area contributed by atoms with Gasteiger partial charge in [0.05, 0.1) is 12.3 Å². The Morgan fingerprint density at radius 1 is 1.62 bits per heavy atom. The van der Waals surface area contributed by atoms with Gasteiger partial charge in [-0.2, -0.15) is 0 Å². The van der Waals surface area contributed by atoms with Crippen LogP contribution in [0, 0.1) is 0 Å². The van der Waals surface area contributed by atoms with Gasteiger partial charge in [-0.05, 0) is 25.2 Å². The number of pyridine rings is 1. The first-order valence-electron chi connectivity index (χ1n) is 4.16. The molecule has 1 aliphatic rings. The fraction of sp³-hybridized carbons (Fsp3) is 0.444. The normalized spacial score (nSPS) is 15.8. The molecular weight excluding hydrogens is 206 g/mol. The minimum Gasteiger partial charge on any atom is -0.489 e. The average molecular weight is 216 g/mol. The molecule has 1 saturated carbocycles. The number of halogens is 1. The second-order valence-electron chi connectivity index (χ2n) is 2.98. The highest BCUT2D eigenvalue weighted by Crippen LogP contribution is 2.31. The first-order valence-corrected chi connectivity index (χ1v) is 5.76. The Bertz CT molecular complexity index is 314. The second kappa shape index (κ2) is 3.76. The Morgan fingerprint density at radius 2 is 2.38 bits per heavy atom. The van der Waals surface area contributed by atoms with Crippen molar-refractivity contribution in [3.05, 3.63) is 17.4 Å². The molecule has 0 atom stereocenters. The molecule has 4 heteroatoms. The summed E-state index contributed by atoms with van der Waals surface area (Å²) in [4.78, 5) is 5.02. The zero-order valence-corrected chi connectivity index (χ0v) is 8.86. The second-order valence-corrected chi connectivity index (χ2v) is 4.19. The molecular formula is C9H10ClNOS. The maximum Gasteiger partial charge on any atom is 0.142 e. The molecule has 0 unspecified atom stereocenters. The summed E-state index contributed by atoms with van der Waals surface area (Å²) in [5.41, 5.74) is 0. The quantitative estimate of drug-likeness (QED) is 0.572. The third-order valence-corrected chi connectivity index (χ3v) is 2.99. The minimum absolute atomic E-state index is 0.415. The largest absolute Gasteiger partial charge is 0.489 e. The molecule has 1 heterocycles. The molecule has 2 nitrogen and oxygen atoms in total. The summed E-state index contributed by atoms with van der Waals surface area (Å²) in [6.07, 6.45) is 6.40. The van der Waals surface area contributed by atoms with E-state index in [1.165, 1.54) is 0 Å². The fourth-order valence-electron chi connectivity index (χ4n) is 0.996. The van der Waals surface area contributed by atoms with Crippen LogP contribution < -0.4 is 4.74 Å². The smallest absolute Gasteiger partial charge is 0.142 e. The van der Waals surface area contributed by atoms with Gasteiger partial charge in [0.1, 0.15) is 10.9 Å². The Morgan fingerprint density at radius 3 is 3.00 bits per heavy atom. The summed E-state index contributed by atoms with van der Waals surface area (Å²) in [7, 11) is 0. The Balaban J connectivity index is 2.16. The molecule has 70 valence electrons. The van der Waals surface area contributed by atoms with Gasteiger partial charge in [0.25, 0.3) is 0 Å². The van der Waals surface area contributed by atoms with Crippen LogP contribution in [-0.4, -0.2) is 17.3 Å². The summed E-state index contributed by atoms with van der Waals surface area (Å²) in [5, 5.41) is 0.552. The molecule has 13 heavy (non-hydrogen) atoms. The standard InChI is InChI=1S/C9H10ClNOS/c1-13-8-4-7(5-11-9(8)10)12-6-2-3-6/h4-6H,2-3H2,1H3. The van der Waals surface area contributed by atoms with E-state index in [2.05, 4.69) is 4.98 Å². The zero-order chi connectivity index (χ0) is 9.26. The molecule has 0 amide bonds. The van der Waals surface area contributed by atoms with Crippen LogP contribution in [-0.2, 0) is 0 Å². The third-order valence-electron chi connectivity index (χ3n) is 1.83. The summed E-state index contributed by atoms with van der Waals surface area (Å²) >= 11 is 7.44. The van der Waals surface area contributed by atoms with Crippen LogP contribution in [0.2, 0.25) is 5.15 Å². The van der Waals surface area contributed by atoms with Crippen molar-refractivity contribution in [1.82, 2.24) is 4.98 Å². The molecule has 1 aliphatic carbocycles. The monoisotopic (exact) mass is 215 g/mol. The number of hydrogen-bond donors (Lipinski definition) is 0. The topological polar surface area (TPSA) is 22.1 Å². The molecule has 0 N–H and O–H groups in total. The number of nitrogens with zero attached hydrogens (tertiary/aromatic N) is 1. The summed E-state index contributed by atoms with van der Waals surface area (Å²) in [5.74, 6) is 0.830. The van der Waals surface area contributed by atoms with Crippen LogP contribution in [0.5, 0.6) is 5.75 Å². The van der Waals surface area contributed by atoms with E-state index in [9.17, 15) is 0 Å². The van der Waals surface area contributed by atoms with Gasteiger partial charge in [0.2, 0.25) is 0 Å². The van der Waals surface area contributed by atoms with Crippen LogP contribution in [0.4, 0.5) is 0 Å². The van der Waals surface area contributed by atoms with E-state index >= 15 is 0 Å². The number of rotatable bonds is 3. The predicted octanol–water partition coefficient (Wildman–Crippen LogP) is 3.00. The van der Waals surface area contributed by atoms with Crippen molar-refractivity contribution in [2.75, 3.05) is 6.26 Å². The SMILES string of the molecule is CSc1cc(OC2CC2)cnc1Cl. The first kappa shape index (κ1) is 9.16. The molecule has 1 aromatic heterocycles. The van der Waals surface area contributed by atoms with E-state index in [0.29, 0.717) is 11.3 Å². The Hall–Kier alpha value is -0.410. The molecule has 1 aromatic rings. The summed E-state index contributed by atoms with van der Waals surface area (Å²) < 4.78 is 5.59. The molecule has 0 saturated heterocycles. The van der Waals surface area contributed by atoms with Crippen LogP contribution in [0.1, 0.15) is 12.8 Å². The molecule has 0 aromatic carbocycles. The van der Waals surface area contributed by atoms with Gasteiger partial charge in [0, 0.05) is 4.90 Å². The Kier molecular flexibility index (Phi) is 2.65. The van der Waals surface area contributed by atoms with Crippen molar-refractivity contribution >= 4 is 23.4 Å². The summed E-state index contributed by atoms with van der Waals surface area (Å²) in [6, 6.07) is 1.94. The lowest BCUT2D eigenvalue weighted by Crippen LogP contribution is -1.96. The molecule has 2 rings (SSSR count). The van der Waals surface area contributed by atoms with E-state index in [-0.39, 0.29) is 0 Å². The molecule has 1 fully saturated rings. The first-order chi connectivity index (χ1) is 6.29. The fourth-order valence-corrected chi connectivity index (χ4v) is 1.79. The van der Waals surface area contributed by atoms with Crippen molar-refractivity contribution < 1.29 is 4.74 Å². The van der Waals surface area contributed by atoms with E-state index in [1.807, 2.05) is 12.3 Å². The van der Waals surface area contributed by atoms with Gasteiger partial charge < -0.3 is 4.74 Å². The lowest BCUT2D eigenvalue weighted by molar-refractivity contribution is 0.301. The number of thioether (sulfide) groups is 1. The van der Waals surface area contributed by atoms with Gasteiger partial charge in [-0.25, -0.2) is 4.98 Å². The van der Waals surface area contributed by atoms with Crippen molar-refractivity contribution in [2.24, 2.45) is 0 Å². The van der Waals surface area contributed by atoms with Crippen molar-refractivity contribution in [2.45, 2.75) is 23.8 Å². The highest BCUT2D eigenvalue weighted by Gasteiger charge is 2.23. The van der Waals surface area contributed by atoms with Crippen LogP contribution in [0.15, 0.2) is 17.2 Å². The minimum atomic E-state index is 0.415. The van der Waals surface area contributed by atoms with Crippen LogP contribution in [0.3, 0.4) is 0 Å². The van der Waals surface area contributed by atoms with E-state index < -0.39 is 0 Å². The van der Waals surface area contributed by atoms with Crippen LogP contribution in [0.25, 0.3) is 0 Å². The van der Waals surface area contributed by atoms with Crippen molar-refractivity contribution in [3.63, 3.8) is 0 Å². The number of hydrogen-bond acceptors (Lipinski definition) is 3. The number of aromatic nitrogens is 1. The molecule has 0 radical (unpaired) electrons. The predicted molar refractivity (Wildman–Crippen MR) is 54.7 cm³/mol. The molecule has 0 bridgehead atoms. The number of ether oxygens (including phenoxy) is 1. The molecule has 0 spiro atoms. The van der Waals surface area contributed by atoms with E-state index in [0.717, 1.165) is 23.5 Å².